The van der Waals surface area contributed by atoms with Crippen LogP contribution in [0.15, 0.2) is 60.9 Å². The molecule has 0 bridgehead atoms. The van der Waals surface area contributed by atoms with E-state index in [0.29, 0.717) is 18.2 Å². The summed E-state index contributed by atoms with van der Waals surface area (Å²) in [5.41, 5.74) is 2.00. The zero-order valence-corrected chi connectivity index (χ0v) is 13.7. The molecule has 0 atom stereocenters. The second-order valence-corrected chi connectivity index (χ2v) is 5.25. The quantitative estimate of drug-likeness (QED) is 0.737. The van der Waals surface area contributed by atoms with Crippen LogP contribution in [0.1, 0.15) is 11.1 Å². The number of rotatable bonds is 6. The molecule has 0 aliphatic carbocycles. The SMILES string of the molecule is CNc1ncnc(Oc2ccc(OCc3ccccc3)cc2)c1C. The van der Waals surface area contributed by atoms with E-state index < -0.39 is 0 Å². The number of anilines is 1. The minimum atomic E-state index is 0.535. The summed E-state index contributed by atoms with van der Waals surface area (Å²) in [6.07, 6.45) is 1.48. The van der Waals surface area contributed by atoms with Gasteiger partial charge in [-0.1, -0.05) is 30.3 Å². The second kappa shape index (κ2) is 7.46. The average Bonchev–Trinajstić information content (AvgIpc) is 2.64. The molecule has 0 aliphatic heterocycles. The highest BCUT2D eigenvalue weighted by molar-refractivity contribution is 5.48. The molecule has 122 valence electrons. The molecule has 0 saturated carbocycles. The molecule has 0 saturated heterocycles. The summed E-state index contributed by atoms with van der Waals surface area (Å²) in [5.74, 6) is 2.78. The van der Waals surface area contributed by atoms with Crippen molar-refractivity contribution < 1.29 is 9.47 Å². The van der Waals surface area contributed by atoms with Gasteiger partial charge in [0, 0.05) is 7.05 Å². The van der Waals surface area contributed by atoms with E-state index in [0.717, 1.165) is 22.7 Å². The number of nitrogens with zero attached hydrogens (tertiary/aromatic N) is 2. The number of hydrogen-bond acceptors (Lipinski definition) is 5. The molecule has 24 heavy (non-hydrogen) atoms. The van der Waals surface area contributed by atoms with Crippen molar-refractivity contribution >= 4 is 5.82 Å². The number of benzene rings is 2. The summed E-state index contributed by atoms with van der Waals surface area (Å²) in [6, 6.07) is 17.6. The van der Waals surface area contributed by atoms with E-state index in [-0.39, 0.29) is 0 Å². The third kappa shape index (κ3) is 3.81. The molecule has 3 rings (SSSR count). The Hall–Kier alpha value is -3.08. The van der Waals surface area contributed by atoms with Crippen LogP contribution in [0.3, 0.4) is 0 Å². The van der Waals surface area contributed by atoms with E-state index in [9.17, 15) is 0 Å². The molecule has 0 amide bonds. The van der Waals surface area contributed by atoms with Gasteiger partial charge in [-0.05, 0) is 36.8 Å². The fourth-order valence-electron chi connectivity index (χ4n) is 2.25. The van der Waals surface area contributed by atoms with Crippen LogP contribution in [-0.4, -0.2) is 17.0 Å². The number of ether oxygens (including phenoxy) is 2. The maximum absolute atomic E-state index is 5.82. The lowest BCUT2D eigenvalue weighted by Crippen LogP contribution is -2.00. The normalized spacial score (nSPS) is 10.2. The monoisotopic (exact) mass is 321 g/mol. The van der Waals surface area contributed by atoms with Crippen molar-refractivity contribution in [2.45, 2.75) is 13.5 Å². The Kier molecular flexibility index (Phi) is 4.91. The Morgan fingerprint density at radius 3 is 2.33 bits per heavy atom. The van der Waals surface area contributed by atoms with E-state index in [1.54, 1.807) is 0 Å². The van der Waals surface area contributed by atoms with Gasteiger partial charge in [0.05, 0.1) is 5.56 Å². The maximum Gasteiger partial charge on any atom is 0.227 e. The summed E-state index contributed by atoms with van der Waals surface area (Å²) in [4.78, 5) is 8.32. The van der Waals surface area contributed by atoms with Gasteiger partial charge in [0.25, 0.3) is 0 Å². The summed E-state index contributed by atoms with van der Waals surface area (Å²) in [7, 11) is 1.82. The van der Waals surface area contributed by atoms with Crippen LogP contribution in [0, 0.1) is 6.92 Å². The fraction of sp³-hybridized carbons (Fsp3) is 0.158. The first-order chi connectivity index (χ1) is 11.8. The third-order valence-electron chi connectivity index (χ3n) is 3.56. The van der Waals surface area contributed by atoms with Crippen LogP contribution in [0.2, 0.25) is 0 Å². The largest absolute Gasteiger partial charge is 0.489 e. The van der Waals surface area contributed by atoms with E-state index in [1.807, 2.05) is 68.6 Å². The Morgan fingerprint density at radius 1 is 0.917 bits per heavy atom. The Morgan fingerprint density at radius 2 is 1.62 bits per heavy atom. The van der Waals surface area contributed by atoms with Crippen LogP contribution < -0.4 is 14.8 Å². The molecule has 0 aliphatic rings. The van der Waals surface area contributed by atoms with Crippen molar-refractivity contribution in [3.63, 3.8) is 0 Å². The van der Waals surface area contributed by atoms with Gasteiger partial charge >= 0.3 is 0 Å². The lowest BCUT2D eigenvalue weighted by molar-refractivity contribution is 0.305. The first kappa shape index (κ1) is 15.8. The summed E-state index contributed by atoms with van der Waals surface area (Å²) < 4.78 is 11.6. The summed E-state index contributed by atoms with van der Waals surface area (Å²) in [6.45, 7) is 2.45. The molecule has 0 radical (unpaired) electrons. The molecular formula is C19H19N3O2. The van der Waals surface area contributed by atoms with Crippen LogP contribution in [0.4, 0.5) is 5.82 Å². The fourth-order valence-corrected chi connectivity index (χ4v) is 2.25. The smallest absolute Gasteiger partial charge is 0.227 e. The van der Waals surface area contributed by atoms with Crippen molar-refractivity contribution in [2.75, 3.05) is 12.4 Å². The topological polar surface area (TPSA) is 56.3 Å². The van der Waals surface area contributed by atoms with Gasteiger partial charge < -0.3 is 14.8 Å². The van der Waals surface area contributed by atoms with Gasteiger partial charge in [-0.15, -0.1) is 0 Å². The van der Waals surface area contributed by atoms with Crippen molar-refractivity contribution in [1.82, 2.24) is 9.97 Å². The molecule has 0 spiro atoms. The highest BCUT2D eigenvalue weighted by atomic mass is 16.5. The zero-order valence-electron chi connectivity index (χ0n) is 13.7. The summed E-state index contributed by atoms with van der Waals surface area (Å²) in [5, 5.41) is 3.01. The van der Waals surface area contributed by atoms with E-state index >= 15 is 0 Å². The van der Waals surface area contributed by atoms with E-state index in [2.05, 4.69) is 15.3 Å². The first-order valence-corrected chi connectivity index (χ1v) is 7.70. The highest BCUT2D eigenvalue weighted by Gasteiger charge is 2.08. The molecule has 0 fully saturated rings. The standard InChI is InChI=1S/C19H19N3O2/c1-14-18(20-2)21-13-22-19(14)24-17-10-8-16(9-11-17)23-12-15-6-4-3-5-7-15/h3-11,13H,12H2,1-2H3,(H,20,21,22). The van der Waals surface area contributed by atoms with Gasteiger partial charge in [0.1, 0.15) is 30.3 Å². The predicted octanol–water partition coefficient (Wildman–Crippen LogP) is 4.20. The molecular weight excluding hydrogens is 302 g/mol. The third-order valence-corrected chi connectivity index (χ3v) is 3.56. The Labute approximate surface area is 141 Å². The molecule has 5 nitrogen and oxygen atoms in total. The van der Waals surface area contributed by atoms with E-state index in [4.69, 9.17) is 9.47 Å². The zero-order chi connectivity index (χ0) is 16.8. The summed E-state index contributed by atoms with van der Waals surface area (Å²) >= 11 is 0. The van der Waals surface area contributed by atoms with Crippen molar-refractivity contribution in [3.8, 4) is 17.4 Å². The average molecular weight is 321 g/mol. The highest BCUT2D eigenvalue weighted by Crippen LogP contribution is 2.27. The van der Waals surface area contributed by atoms with Gasteiger partial charge in [-0.25, -0.2) is 9.97 Å². The molecule has 1 aromatic heterocycles. The lowest BCUT2D eigenvalue weighted by Gasteiger charge is -2.11. The molecule has 3 aromatic rings. The van der Waals surface area contributed by atoms with Gasteiger partial charge in [0.15, 0.2) is 0 Å². The van der Waals surface area contributed by atoms with Gasteiger partial charge in [0.2, 0.25) is 5.88 Å². The number of nitrogens with one attached hydrogen (secondary N) is 1. The molecule has 1 N–H and O–H groups in total. The molecule has 2 aromatic carbocycles. The molecule has 1 heterocycles. The molecule has 5 heteroatoms. The van der Waals surface area contributed by atoms with Crippen molar-refractivity contribution in [3.05, 3.63) is 72.1 Å². The Bertz CT molecular complexity index is 789. The van der Waals surface area contributed by atoms with Crippen LogP contribution in [-0.2, 0) is 6.61 Å². The van der Waals surface area contributed by atoms with Crippen LogP contribution in [0.5, 0.6) is 17.4 Å². The predicted molar refractivity (Wildman–Crippen MR) is 93.6 cm³/mol. The lowest BCUT2D eigenvalue weighted by atomic mass is 10.2. The second-order valence-electron chi connectivity index (χ2n) is 5.25. The maximum atomic E-state index is 5.82. The van der Waals surface area contributed by atoms with Crippen LogP contribution in [0.25, 0.3) is 0 Å². The molecule has 0 unspecified atom stereocenters. The van der Waals surface area contributed by atoms with Crippen molar-refractivity contribution in [2.24, 2.45) is 0 Å². The first-order valence-electron chi connectivity index (χ1n) is 7.70. The number of aromatic nitrogens is 2. The number of hydrogen-bond donors (Lipinski definition) is 1. The van der Waals surface area contributed by atoms with Gasteiger partial charge in [-0.3, -0.25) is 0 Å². The van der Waals surface area contributed by atoms with Crippen LogP contribution >= 0.6 is 0 Å². The van der Waals surface area contributed by atoms with Gasteiger partial charge in [-0.2, -0.15) is 0 Å². The minimum Gasteiger partial charge on any atom is -0.489 e. The minimum absolute atomic E-state index is 0.535. The van der Waals surface area contributed by atoms with Crippen molar-refractivity contribution in [1.29, 1.82) is 0 Å². The Balaban J connectivity index is 1.64. The van der Waals surface area contributed by atoms with E-state index in [1.165, 1.54) is 6.33 Å².